The van der Waals surface area contributed by atoms with E-state index >= 15 is 0 Å². The standard InChI is InChI=1S/C21H28ClN3O3/c1-13(2)28-20(26)18-14(3)24-21(27)25(12-15-7-9-23-10-8-15)19(18)16-5-4-6-17(22)11-16/h4-6,11,13,15,19,23H,7-10,12H2,1-3H3,(H,24,27). The van der Waals surface area contributed by atoms with Gasteiger partial charge in [-0.3, -0.25) is 0 Å². The Morgan fingerprint density at radius 2 is 2.04 bits per heavy atom. The molecule has 0 radical (unpaired) electrons. The van der Waals surface area contributed by atoms with Crippen molar-refractivity contribution in [1.82, 2.24) is 15.5 Å². The molecule has 0 aromatic heterocycles. The van der Waals surface area contributed by atoms with Gasteiger partial charge in [0.25, 0.3) is 0 Å². The van der Waals surface area contributed by atoms with Gasteiger partial charge in [0.1, 0.15) is 0 Å². The summed E-state index contributed by atoms with van der Waals surface area (Å²) in [6.07, 6.45) is 1.75. The van der Waals surface area contributed by atoms with E-state index in [4.69, 9.17) is 16.3 Å². The van der Waals surface area contributed by atoms with Crippen molar-refractivity contribution < 1.29 is 14.3 Å². The molecule has 1 fully saturated rings. The number of carbonyl (C=O) groups is 2. The largest absolute Gasteiger partial charge is 0.459 e. The number of rotatable bonds is 5. The highest BCUT2D eigenvalue weighted by molar-refractivity contribution is 6.30. The van der Waals surface area contributed by atoms with Crippen molar-refractivity contribution in [2.24, 2.45) is 5.92 Å². The fraction of sp³-hybridized carbons (Fsp3) is 0.524. The number of ether oxygens (including phenoxy) is 1. The molecule has 2 amide bonds. The van der Waals surface area contributed by atoms with Crippen LogP contribution in [-0.4, -0.2) is 42.6 Å². The lowest BCUT2D eigenvalue weighted by atomic mass is 9.91. The Balaban J connectivity index is 2.01. The van der Waals surface area contributed by atoms with Crippen molar-refractivity contribution >= 4 is 23.6 Å². The van der Waals surface area contributed by atoms with E-state index in [1.54, 1.807) is 17.9 Å². The van der Waals surface area contributed by atoms with Crippen LogP contribution in [0.25, 0.3) is 0 Å². The Morgan fingerprint density at radius 1 is 1.32 bits per heavy atom. The minimum absolute atomic E-state index is 0.192. The number of hydrogen-bond donors (Lipinski definition) is 2. The summed E-state index contributed by atoms with van der Waals surface area (Å²) in [6.45, 7) is 7.84. The highest BCUT2D eigenvalue weighted by atomic mass is 35.5. The predicted molar refractivity (Wildman–Crippen MR) is 109 cm³/mol. The van der Waals surface area contributed by atoms with Gasteiger partial charge in [-0.2, -0.15) is 0 Å². The number of halogens is 1. The average molecular weight is 406 g/mol. The Labute approximate surface area is 171 Å². The fourth-order valence-electron chi connectivity index (χ4n) is 3.87. The molecule has 0 aliphatic carbocycles. The van der Waals surface area contributed by atoms with Crippen LogP contribution in [0.2, 0.25) is 5.02 Å². The molecular weight excluding hydrogens is 378 g/mol. The number of benzene rings is 1. The Hall–Kier alpha value is -2.05. The van der Waals surface area contributed by atoms with Crippen LogP contribution in [0.4, 0.5) is 4.79 Å². The lowest BCUT2D eigenvalue weighted by Gasteiger charge is -2.40. The lowest BCUT2D eigenvalue weighted by molar-refractivity contribution is -0.143. The van der Waals surface area contributed by atoms with Crippen LogP contribution in [0.3, 0.4) is 0 Å². The smallest absolute Gasteiger partial charge is 0.338 e. The van der Waals surface area contributed by atoms with E-state index in [2.05, 4.69) is 10.6 Å². The van der Waals surface area contributed by atoms with Crippen LogP contribution in [0.1, 0.15) is 45.2 Å². The molecule has 2 heterocycles. The third kappa shape index (κ3) is 4.67. The van der Waals surface area contributed by atoms with Crippen molar-refractivity contribution in [1.29, 1.82) is 0 Å². The second-order valence-corrected chi connectivity index (χ2v) is 8.16. The summed E-state index contributed by atoms with van der Waals surface area (Å²) in [6, 6.07) is 6.63. The van der Waals surface area contributed by atoms with E-state index in [-0.39, 0.29) is 12.1 Å². The van der Waals surface area contributed by atoms with E-state index in [9.17, 15) is 9.59 Å². The highest BCUT2D eigenvalue weighted by Gasteiger charge is 2.39. The maximum absolute atomic E-state index is 12.9. The Kier molecular flexibility index (Phi) is 6.62. The van der Waals surface area contributed by atoms with Gasteiger partial charge in [0, 0.05) is 17.3 Å². The summed E-state index contributed by atoms with van der Waals surface area (Å²) in [7, 11) is 0. The van der Waals surface area contributed by atoms with Crippen molar-refractivity contribution in [3.05, 3.63) is 46.1 Å². The zero-order valence-electron chi connectivity index (χ0n) is 16.6. The number of carbonyl (C=O) groups excluding carboxylic acids is 2. The third-order valence-electron chi connectivity index (χ3n) is 5.19. The quantitative estimate of drug-likeness (QED) is 0.734. The molecule has 1 aromatic rings. The van der Waals surface area contributed by atoms with Gasteiger partial charge in [0.05, 0.1) is 17.7 Å². The number of allylic oxidation sites excluding steroid dienone is 1. The maximum Gasteiger partial charge on any atom is 0.338 e. The van der Waals surface area contributed by atoms with Crippen LogP contribution >= 0.6 is 11.6 Å². The lowest BCUT2D eigenvalue weighted by Crippen LogP contribution is -2.51. The van der Waals surface area contributed by atoms with E-state index in [0.29, 0.717) is 28.8 Å². The first kappa shape index (κ1) is 20.7. The summed E-state index contributed by atoms with van der Waals surface area (Å²) in [4.78, 5) is 27.6. The summed E-state index contributed by atoms with van der Waals surface area (Å²) < 4.78 is 5.50. The topological polar surface area (TPSA) is 70.7 Å². The molecule has 6 nitrogen and oxygen atoms in total. The molecule has 0 bridgehead atoms. The number of esters is 1. The molecule has 1 unspecified atom stereocenters. The van der Waals surface area contributed by atoms with Gasteiger partial charge < -0.3 is 20.3 Å². The average Bonchev–Trinajstić information content (AvgIpc) is 2.63. The Bertz CT molecular complexity index is 772. The summed E-state index contributed by atoms with van der Waals surface area (Å²) >= 11 is 6.23. The first-order valence-electron chi connectivity index (χ1n) is 9.82. The van der Waals surface area contributed by atoms with Gasteiger partial charge >= 0.3 is 12.0 Å². The highest BCUT2D eigenvalue weighted by Crippen LogP contribution is 2.36. The van der Waals surface area contributed by atoms with Crippen molar-refractivity contribution in [3.63, 3.8) is 0 Å². The van der Waals surface area contributed by atoms with Crippen LogP contribution in [0.15, 0.2) is 35.5 Å². The van der Waals surface area contributed by atoms with E-state index in [1.165, 1.54) is 0 Å². The molecular formula is C21H28ClN3O3. The molecule has 0 saturated carbocycles. The molecule has 152 valence electrons. The van der Waals surface area contributed by atoms with Crippen LogP contribution < -0.4 is 10.6 Å². The number of amides is 2. The molecule has 2 aliphatic heterocycles. The third-order valence-corrected chi connectivity index (χ3v) is 5.42. The first-order chi connectivity index (χ1) is 13.4. The van der Waals surface area contributed by atoms with E-state index in [0.717, 1.165) is 31.5 Å². The summed E-state index contributed by atoms with van der Waals surface area (Å²) in [5, 5.41) is 6.77. The van der Waals surface area contributed by atoms with Crippen molar-refractivity contribution in [2.45, 2.75) is 45.8 Å². The van der Waals surface area contributed by atoms with Crippen LogP contribution in [0.5, 0.6) is 0 Å². The van der Waals surface area contributed by atoms with Crippen molar-refractivity contribution in [2.75, 3.05) is 19.6 Å². The van der Waals surface area contributed by atoms with Crippen molar-refractivity contribution in [3.8, 4) is 0 Å². The molecule has 7 heteroatoms. The minimum Gasteiger partial charge on any atom is -0.459 e. The zero-order valence-corrected chi connectivity index (χ0v) is 17.4. The molecule has 3 rings (SSSR count). The SMILES string of the molecule is CC1=C(C(=O)OC(C)C)C(c2cccc(Cl)c2)N(CC2CCNCC2)C(=O)N1. The molecule has 0 spiro atoms. The Morgan fingerprint density at radius 3 is 2.68 bits per heavy atom. The monoisotopic (exact) mass is 405 g/mol. The van der Waals surface area contributed by atoms with Crippen LogP contribution in [0, 0.1) is 5.92 Å². The predicted octanol–water partition coefficient (Wildman–Crippen LogP) is 3.63. The van der Waals surface area contributed by atoms with E-state index < -0.39 is 12.0 Å². The van der Waals surface area contributed by atoms with Gasteiger partial charge in [-0.15, -0.1) is 0 Å². The molecule has 28 heavy (non-hydrogen) atoms. The number of urea groups is 1. The van der Waals surface area contributed by atoms with Gasteiger partial charge in [0.2, 0.25) is 0 Å². The first-order valence-corrected chi connectivity index (χ1v) is 10.2. The van der Waals surface area contributed by atoms with Crippen LogP contribution in [-0.2, 0) is 9.53 Å². The number of hydrogen-bond acceptors (Lipinski definition) is 4. The van der Waals surface area contributed by atoms with E-state index in [1.807, 2.05) is 32.0 Å². The summed E-state index contributed by atoms with van der Waals surface area (Å²) in [5.41, 5.74) is 1.80. The summed E-state index contributed by atoms with van der Waals surface area (Å²) in [5.74, 6) is -0.0257. The van der Waals surface area contributed by atoms with Gasteiger partial charge in [0.15, 0.2) is 0 Å². The second-order valence-electron chi connectivity index (χ2n) is 7.73. The maximum atomic E-state index is 12.9. The zero-order chi connectivity index (χ0) is 20.3. The number of nitrogens with zero attached hydrogens (tertiary/aromatic N) is 1. The molecule has 1 atom stereocenters. The normalized spacial score (nSPS) is 21.1. The molecule has 1 saturated heterocycles. The molecule has 1 aromatic carbocycles. The van der Waals surface area contributed by atoms with Gasteiger partial charge in [-0.1, -0.05) is 23.7 Å². The number of nitrogens with one attached hydrogen (secondary N) is 2. The number of piperidine rings is 1. The van der Waals surface area contributed by atoms with Gasteiger partial charge in [-0.05, 0) is 70.3 Å². The van der Waals surface area contributed by atoms with Gasteiger partial charge in [-0.25, -0.2) is 9.59 Å². The second kappa shape index (κ2) is 8.97. The molecule has 2 aliphatic rings. The minimum atomic E-state index is -0.520. The molecule has 2 N–H and O–H groups in total. The fourth-order valence-corrected chi connectivity index (χ4v) is 4.07.